The van der Waals surface area contributed by atoms with Gasteiger partial charge in [-0.1, -0.05) is 37.1 Å². The molecule has 3 nitrogen and oxygen atoms in total. The van der Waals surface area contributed by atoms with Crippen molar-refractivity contribution in [3.8, 4) is 0 Å². The predicted octanol–water partition coefficient (Wildman–Crippen LogP) is 4.62. The predicted molar refractivity (Wildman–Crippen MR) is 92.1 cm³/mol. The van der Waals surface area contributed by atoms with Gasteiger partial charge in [0.1, 0.15) is 0 Å². The molecule has 0 bridgehead atoms. The van der Waals surface area contributed by atoms with Gasteiger partial charge in [0.05, 0.1) is 5.57 Å². The zero-order valence-corrected chi connectivity index (χ0v) is 14.3. The Morgan fingerprint density at radius 2 is 2.09 bits per heavy atom. The molecule has 0 unspecified atom stereocenters. The van der Waals surface area contributed by atoms with Gasteiger partial charge in [-0.2, -0.15) is 0 Å². The third-order valence-electron chi connectivity index (χ3n) is 4.85. The first-order valence-electron chi connectivity index (χ1n) is 8.42. The Bertz CT molecular complexity index is 631. The Kier molecular flexibility index (Phi) is 5.40. The number of rotatable bonds is 5. The van der Waals surface area contributed by atoms with Gasteiger partial charge in [0, 0.05) is 11.5 Å². The second-order valence-corrected chi connectivity index (χ2v) is 6.76. The summed E-state index contributed by atoms with van der Waals surface area (Å²) in [6.07, 6.45) is 7.63. The van der Waals surface area contributed by atoms with E-state index in [-0.39, 0.29) is 34.7 Å². The van der Waals surface area contributed by atoms with Crippen molar-refractivity contribution in [1.82, 2.24) is 0 Å². The molecule has 2 aliphatic carbocycles. The summed E-state index contributed by atoms with van der Waals surface area (Å²) in [4.78, 5) is 25.0. The maximum atomic E-state index is 12.6. The van der Waals surface area contributed by atoms with Gasteiger partial charge in [-0.25, -0.2) is 0 Å². The van der Waals surface area contributed by atoms with Crippen LogP contribution in [0.3, 0.4) is 0 Å². The molecule has 0 radical (unpaired) electrons. The van der Waals surface area contributed by atoms with Crippen LogP contribution in [0.4, 0.5) is 0 Å². The van der Waals surface area contributed by atoms with E-state index in [0.29, 0.717) is 12.0 Å². The van der Waals surface area contributed by atoms with Gasteiger partial charge in [-0.15, -0.1) is 0 Å². The lowest BCUT2D eigenvalue weighted by Gasteiger charge is -2.32. The highest BCUT2D eigenvalue weighted by molar-refractivity contribution is 6.22. The monoisotopic (exact) mass is 314 g/mol. The number of hydrogen-bond donors (Lipinski definition) is 1. The van der Waals surface area contributed by atoms with E-state index in [4.69, 9.17) is 0 Å². The molecule has 0 aliphatic heterocycles. The molecule has 0 aromatic rings. The fraction of sp³-hybridized carbons (Fsp3) is 0.500. The minimum Gasteiger partial charge on any atom is -0.504 e. The Morgan fingerprint density at radius 1 is 1.39 bits per heavy atom. The number of unbranched alkanes of at least 4 members (excludes halogenated alkanes) is 1. The molecule has 0 spiro atoms. The van der Waals surface area contributed by atoms with Gasteiger partial charge in [-0.3, -0.25) is 9.59 Å². The van der Waals surface area contributed by atoms with Crippen molar-refractivity contribution < 1.29 is 14.7 Å². The smallest absolute Gasteiger partial charge is 0.223 e. The highest BCUT2D eigenvalue weighted by atomic mass is 16.3. The van der Waals surface area contributed by atoms with Crippen LogP contribution in [0.25, 0.3) is 0 Å². The number of carbonyl (C=O) groups excluding carboxylic acids is 2. The van der Waals surface area contributed by atoms with Gasteiger partial charge >= 0.3 is 0 Å². The van der Waals surface area contributed by atoms with Gasteiger partial charge < -0.3 is 5.11 Å². The lowest BCUT2D eigenvalue weighted by Crippen LogP contribution is -2.29. The summed E-state index contributed by atoms with van der Waals surface area (Å²) < 4.78 is 0. The van der Waals surface area contributed by atoms with E-state index < -0.39 is 0 Å². The van der Waals surface area contributed by atoms with Gasteiger partial charge in [0.25, 0.3) is 0 Å². The fourth-order valence-corrected chi connectivity index (χ4v) is 3.47. The zero-order valence-electron chi connectivity index (χ0n) is 14.3. The molecular formula is C20H26O3. The van der Waals surface area contributed by atoms with Crippen molar-refractivity contribution in [2.75, 3.05) is 0 Å². The molecule has 124 valence electrons. The third-order valence-corrected chi connectivity index (χ3v) is 4.85. The molecule has 1 N–H and O–H groups in total. The Labute approximate surface area is 138 Å². The first-order valence-corrected chi connectivity index (χ1v) is 8.42. The van der Waals surface area contributed by atoms with Crippen LogP contribution in [0, 0.1) is 11.8 Å². The molecule has 0 amide bonds. The van der Waals surface area contributed by atoms with Crippen LogP contribution >= 0.6 is 0 Å². The lowest BCUT2D eigenvalue weighted by atomic mass is 9.71. The maximum absolute atomic E-state index is 12.6. The number of aliphatic hydroxyl groups is 1. The van der Waals surface area contributed by atoms with E-state index in [9.17, 15) is 14.7 Å². The maximum Gasteiger partial charge on any atom is 0.223 e. The van der Waals surface area contributed by atoms with Crippen LogP contribution in [0.1, 0.15) is 52.9 Å². The van der Waals surface area contributed by atoms with E-state index >= 15 is 0 Å². The molecule has 2 rings (SSSR count). The molecule has 2 aliphatic rings. The van der Waals surface area contributed by atoms with Crippen LogP contribution in [0.2, 0.25) is 0 Å². The number of allylic oxidation sites excluding steroid dienone is 6. The number of aliphatic hydroxyl groups excluding tert-OH is 1. The van der Waals surface area contributed by atoms with E-state index in [1.807, 2.05) is 26.8 Å². The minimum absolute atomic E-state index is 0.0955. The van der Waals surface area contributed by atoms with Crippen LogP contribution < -0.4 is 0 Å². The van der Waals surface area contributed by atoms with Crippen LogP contribution in [-0.4, -0.2) is 16.7 Å². The van der Waals surface area contributed by atoms with Crippen LogP contribution in [0.15, 0.2) is 46.8 Å². The van der Waals surface area contributed by atoms with Crippen molar-refractivity contribution in [3.05, 3.63) is 46.8 Å². The third kappa shape index (κ3) is 3.54. The summed E-state index contributed by atoms with van der Waals surface area (Å²) in [6, 6.07) is 0. The van der Waals surface area contributed by atoms with Crippen molar-refractivity contribution in [3.63, 3.8) is 0 Å². The molecule has 23 heavy (non-hydrogen) atoms. The van der Waals surface area contributed by atoms with Crippen molar-refractivity contribution in [2.45, 2.75) is 52.9 Å². The van der Waals surface area contributed by atoms with E-state index in [0.717, 1.165) is 31.3 Å². The molecule has 0 saturated carbocycles. The average molecular weight is 314 g/mol. The number of hydrogen-bond acceptors (Lipinski definition) is 3. The second-order valence-electron chi connectivity index (χ2n) is 6.76. The Balaban J connectivity index is 2.40. The zero-order chi connectivity index (χ0) is 17.1. The molecule has 3 heteroatoms. The fourth-order valence-electron chi connectivity index (χ4n) is 3.47. The van der Waals surface area contributed by atoms with Crippen molar-refractivity contribution in [2.24, 2.45) is 11.8 Å². The van der Waals surface area contributed by atoms with Gasteiger partial charge in [-0.05, 0) is 51.5 Å². The number of Topliss-reactive ketones (excluding diaryl/α,β-unsaturated/α-hetero) is 1. The van der Waals surface area contributed by atoms with Crippen LogP contribution in [0.5, 0.6) is 0 Å². The lowest BCUT2D eigenvalue weighted by molar-refractivity contribution is -0.118. The first-order chi connectivity index (χ1) is 10.9. The average Bonchev–Trinajstić information content (AvgIpc) is 2.49. The van der Waals surface area contributed by atoms with E-state index in [1.54, 1.807) is 0 Å². The summed E-state index contributed by atoms with van der Waals surface area (Å²) in [5.74, 6) is -1.12. The van der Waals surface area contributed by atoms with Gasteiger partial charge in [0.15, 0.2) is 11.5 Å². The molecule has 0 saturated heterocycles. The molecular weight excluding hydrogens is 288 g/mol. The SMILES string of the molecule is C=C(C)[C@@H]1CCC(C)=C[C@H]1C1=C(O)C(=O)C(CCCC)=CC1=O. The topological polar surface area (TPSA) is 54.4 Å². The van der Waals surface area contributed by atoms with Crippen molar-refractivity contribution >= 4 is 11.6 Å². The van der Waals surface area contributed by atoms with E-state index in [1.165, 1.54) is 11.6 Å². The van der Waals surface area contributed by atoms with E-state index in [2.05, 4.69) is 6.58 Å². The van der Waals surface area contributed by atoms with Gasteiger partial charge in [0.2, 0.25) is 5.78 Å². The standard InChI is InChI=1S/C20H26O3/c1-5-6-7-14-11-17(21)18(20(23)19(14)22)16-10-13(4)8-9-15(16)12(2)3/h10-11,15-16,23H,2,5-9H2,1,3-4H3/t15-,16+/m0/s1. The Morgan fingerprint density at radius 3 is 2.70 bits per heavy atom. The molecule has 2 atom stereocenters. The van der Waals surface area contributed by atoms with Crippen LogP contribution in [-0.2, 0) is 9.59 Å². The summed E-state index contributed by atoms with van der Waals surface area (Å²) in [5.41, 5.74) is 2.86. The number of ketones is 2. The molecule has 0 aromatic carbocycles. The summed E-state index contributed by atoms with van der Waals surface area (Å²) in [6.45, 7) is 10.0. The number of carbonyl (C=O) groups is 2. The highest BCUT2D eigenvalue weighted by Crippen LogP contribution is 2.40. The highest BCUT2D eigenvalue weighted by Gasteiger charge is 2.37. The minimum atomic E-state index is -0.384. The summed E-state index contributed by atoms with van der Waals surface area (Å²) >= 11 is 0. The Hall–Kier alpha value is -1.90. The van der Waals surface area contributed by atoms with Crippen molar-refractivity contribution in [1.29, 1.82) is 0 Å². The first kappa shape index (κ1) is 17.5. The molecule has 0 fully saturated rings. The quantitative estimate of drug-likeness (QED) is 0.595. The molecule has 0 aromatic heterocycles. The largest absolute Gasteiger partial charge is 0.504 e. The summed E-state index contributed by atoms with van der Waals surface area (Å²) in [5, 5.41) is 10.4. The molecule has 0 heterocycles. The normalized spacial score (nSPS) is 25.3. The summed E-state index contributed by atoms with van der Waals surface area (Å²) in [7, 11) is 0. The second kappa shape index (κ2) is 7.12.